The molecule has 27 heavy (non-hydrogen) atoms. The lowest BCUT2D eigenvalue weighted by Crippen LogP contribution is -2.32. The molecule has 3 rings (SSSR count). The summed E-state index contributed by atoms with van der Waals surface area (Å²) in [4.78, 5) is 21.1. The molecule has 9 heteroatoms. The normalized spacial score (nSPS) is 11.9. The Balaban J connectivity index is 1.91. The molecular weight excluding hydrogens is 360 g/mol. The number of pyridine rings is 1. The first-order valence-electron chi connectivity index (χ1n) is 8.88. The lowest BCUT2D eigenvalue weighted by atomic mass is 10.3. The smallest absolute Gasteiger partial charge is 0.281 e. The Hall–Kier alpha value is -2.49. The summed E-state index contributed by atoms with van der Waals surface area (Å²) in [5.41, 5.74) is 5.05. The first-order chi connectivity index (χ1) is 12.8. The molecule has 1 amide bonds. The molecule has 0 unspecified atom stereocenters. The monoisotopic (exact) mass is 386 g/mol. The molecule has 0 spiro atoms. The van der Waals surface area contributed by atoms with Crippen molar-refractivity contribution in [2.45, 2.75) is 39.3 Å². The van der Waals surface area contributed by atoms with Gasteiger partial charge in [-0.05, 0) is 31.2 Å². The highest BCUT2D eigenvalue weighted by molar-refractivity contribution is 6.76. The second kappa shape index (κ2) is 7.63. The van der Waals surface area contributed by atoms with Crippen LogP contribution in [-0.2, 0) is 11.5 Å². The van der Waals surface area contributed by atoms with Gasteiger partial charge in [0.05, 0.1) is 16.7 Å². The fourth-order valence-electron chi connectivity index (χ4n) is 2.75. The number of ether oxygens (including phenoxy) is 1. The maximum Gasteiger partial charge on any atom is 0.281 e. The Kier molecular flexibility index (Phi) is 5.45. The third-order valence-corrected chi connectivity index (χ3v) is 6.00. The second-order valence-corrected chi connectivity index (χ2v) is 13.4. The van der Waals surface area contributed by atoms with Crippen molar-refractivity contribution in [1.29, 1.82) is 0 Å². The average Bonchev–Trinajstić information content (AvgIpc) is 3.20. The van der Waals surface area contributed by atoms with Gasteiger partial charge in [-0.15, -0.1) is 0 Å². The Morgan fingerprint density at radius 1 is 1.33 bits per heavy atom. The first-order valence-corrected chi connectivity index (χ1v) is 12.6. The van der Waals surface area contributed by atoms with Crippen LogP contribution in [0.1, 0.15) is 16.2 Å². The van der Waals surface area contributed by atoms with Gasteiger partial charge in [0.1, 0.15) is 24.6 Å². The van der Waals surface area contributed by atoms with Gasteiger partial charge in [-0.1, -0.05) is 19.6 Å². The van der Waals surface area contributed by atoms with E-state index in [2.05, 4.69) is 35.0 Å². The molecule has 0 bridgehead atoms. The van der Waals surface area contributed by atoms with E-state index in [1.807, 2.05) is 29.8 Å². The number of carbonyl (C=O) groups excluding carboxylic acids is 1. The van der Waals surface area contributed by atoms with Gasteiger partial charge in [0.25, 0.3) is 5.91 Å². The Morgan fingerprint density at radius 3 is 2.74 bits per heavy atom. The number of carbonyl (C=O) groups is 1. The quantitative estimate of drug-likeness (QED) is 0.214. The Morgan fingerprint density at radius 2 is 2.11 bits per heavy atom. The minimum atomic E-state index is -1.17. The van der Waals surface area contributed by atoms with E-state index in [1.165, 1.54) is 0 Å². The molecule has 144 valence electrons. The van der Waals surface area contributed by atoms with E-state index in [4.69, 9.17) is 10.6 Å². The maximum atomic E-state index is 12.2. The number of nitrogen functional groups attached to an aromatic ring is 1. The summed E-state index contributed by atoms with van der Waals surface area (Å²) >= 11 is 0. The van der Waals surface area contributed by atoms with Gasteiger partial charge in [0.15, 0.2) is 0 Å². The van der Waals surface area contributed by atoms with Crippen molar-refractivity contribution in [3.05, 3.63) is 42.1 Å². The lowest BCUT2D eigenvalue weighted by molar-refractivity contribution is 0.0811. The van der Waals surface area contributed by atoms with E-state index < -0.39 is 8.07 Å². The molecule has 0 saturated heterocycles. The van der Waals surface area contributed by atoms with Gasteiger partial charge < -0.3 is 9.30 Å². The van der Waals surface area contributed by atoms with Gasteiger partial charge in [0, 0.05) is 20.9 Å². The molecule has 0 saturated carbocycles. The zero-order valence-corrected chi connectivity index (χ0v) is 17.2. The minimum absolute atomic E-state index is 0.280. The number of aromatic nitrogens is 4. The Bertz CT molecular complexity index is 957. The van der Waals surface area contributed by atoms with Crippen molar-refractivity contribution in [3.8, 4) is 5.82 Å². The van der Waals surface area contributed by atoms with Crippen LogP contribution >= 0.6 is 0 Å². The fraction of sp³-hybridized carbons (Fsp3) is 0.389. The summed E-state index contributed by atoms with van der Waals surface area (Å²) in [6, 6.07) is 6.62. The van der Waals surface area contributed by atoms with Crippen molar-refractivity contribution >= 4 is 25.0 Å². The summed E-state index contributed by atoms with van der Waals surface area (Å²) < 4.78 is 9.50. The number of hydrazine groups is 1. The molecule has 0 aliphatic heterocycles. The summed E-state index contributed by atoms with van der Waals surface area (Å²) in [5.74, 6) is 5.71. The number of rotatable bonds is 7. The molecule has 0 aliphatic carbocycles. The molecule has 3 heterocycles. The standard InChI is InChI=1S/C18H26N6O2Si/c1-13-10-23(11-20-13)17-6-5-15-14(21-17)9-16(18(25)22-19)24(15)12-26-7-8-27(2,3)4/h5-6,9-11H,7-8,12,19H2,1-4H3,(H,22,25). The summed E-state index contributed by atoms with van der Waals surface area (Å²) in [6.07, 6.45) is 3.62. The highest BCUT2D eigenvalue weighted by Gasteiger charge is 2.17. The van der Waals surface area contributed by atoms with Crippen LogP contribution in [-0.4, -0.2) is 39.7 Å². The van der Waals surface area contributed by atoms with E-state index >= 15 is 0 Å². The highest BCUT2D eigenvalue weighted by atomic mass is 28.3. The summed E-state index contributed by atoms with van der Waals surface area (Å²) in [7, 11) is -1.17. The molecule has 3 N–H and O–H groups in total. The van der Waals surface area contributed by atoms with Crippen LogP contribution in [0.2, 0.25) is 25.7 Å². The van der Waals surface area contributed by atoms with Crippen LogP contribution in [0.4, 0.5) is 0 Å². The van der Waals surface area contributed by atoms with Crippen molar-refractivity contribution in [2.75, 3.05) is 6.61 Å². The van der Waals surface area contributed by atoms with Gasteiger partial charge in [-0.3, -0.25) is 14.8 Å². The largest absolute Gasteiger partial charge is 0.361 e. The Labute approximate surface area is 159 Å². The molecule has 0 fully saturated rings. The minimum Gasteiger partial charge on any atom is -0.361 e. The molecule has 0 atom stereocenters. The highest BCUT2D eigenvalue weighted by Crippen LogP contribution is 2.21. The number of nitrogens with zero attached hydrogens (tertiary/aromatic N) is 4. The number of hydrogen-bond donors (Lipinski definition) is 2. The van der Waals surface area contributed by atoms with Crippen molar-refractivity contribution in [2.24, 2.45) is 5.84 Å². The predicted molar refractivity (Wildman–Crippen MR) is 107 cm³/mol. The van der Waals surface area contributed by atoms with Crippen molar-refractivity contribution in [1.82, 2.24) is 24.5 Å². The van der Waals surface area contributed by atoms with Gasteiger partial charge >= 0.3 is 0 Å². The van der Waals surface area contributed by atoms with E-state index in [-0.39, 0.29) is 12.6 Å². The van der Waals surface area contributed by atoms with Gasteiger partial charge in [0.2, 0.25) is 0 Å². The number of hydrogen-bond acceptors (Lipinski definition) is 5. The summed E-state index contributed by atoms with van der Waals surface area (Å²) in [6.45, 7) is 9.78. The number of nitrogens with one attached hydrogen (secondary N) is 1. The fourth-order valence-corrected chi connectivity index (χ4v) is 3.51. The van der Waals surface area contributed by atoms with Crippen LogP contribution in [0, 0.1) is 6.92 Å². The van der Waals surface area contributed by atoms with E-state index in [1.54, 1.807) is 17.0 Å². The van der Waals surface area contributed by atoms with Crippen LogP contribution < -0.4 is 11.3 Å². The number of nitrogens with two attached hydrogens (primary N) is 1. The number of imidazole rings is 1. The van der Waals surface area contributed by atoms with Crippen LogP contribution in [0.5, 0.6) is 0 Å². The van der Waals surface area contributed by atoms with E-state index in [9.17, 15) is 4.79 Å². The number of fused-ring (bicyclic) bond motifs is 1. The zero-order valence-electron chi connectivity index (χ0n) is 16.2. The number of amides is 1. The van der Waals surface area contributed by atoms with Gasteiger partial charge in [-0.25, -0.2) is 15.8 Å². The first kappa shape index (κ1) is 19.3. The van der Waals surface area contributed by atoms with Crippen LogP contribution in [0.3, 0.4) is 0 Å². The predicted octanol–water partition coefficient (Wildman–Crippen LogP) is 2.45. The molecule has 3 aromatic rings. The van der Waals surface area contributed by atoms with Crippen molar-refractivity contribution in [3.63, 3.8) is 0 Å². The molecular formula is C18H26N6O2Si. The number of aryl methyl sites for hydroxylation is 1. The maximum absolute atomic E-state index is 12.2. The zero-order chi connectivity index (χ0) is 19.6. The molecule has 0 radical (unpaired) electrons. The topological polar surface area (TPSA) is 100.0 Å². The lowest BCUT2D eigenvalue weighted by Gasteiger charge is -2.16. The van der Waals surface area contributed by atoms with Gasteiger partial charge in [-0.2, -0.15) is 0 Å². The van der Waals surface area contributed by atoms with Crippen LogP contribution in [0.25, 0.3) is 16.9 Å². The SMILES string of the molecule is Cc1cn(-c2ccc3c(cc(C(=O)NN)n3COCC[Si](C)(C)C)n2)cn1. The second-order valence-electron chi connectivity index (χ2n) is 7.78. The van der Waals surface area contributed by atoms with E-state index in [0.29, 0.717) is 17.8 Å². The average molecular weight is 387 g/mol. The van der Waals surface area contributed by atoms with E-state index in [0.717, 1.165) is 23.1 Å². The third-order valence-electron chi connectivity index (χ3n) is 4.30. The molecule has 0 aliphatic rings. The summed E-state index contributed by atoms with van der Waals surface area (Å²) in [5, 5.41) is 0. The molecule has 0 aromatic carbocycles. The molecule has 3 aromatic heterocycles. The van der Waals surface area contributed by atoms with Crippen LogP contribution in [0.15, 0.2) is 30.7 Å². The third kappa shape index (κ3) is 4.44. The van der Waals surface area contributed by atoms with Crippen molar-refractivity contribution < 1.29 is 9.53 Å². The molecule has 8 nitrogen and oxygen atoms in total.